The van der Waals surface area contributed by atoms with Crippen LogP contribution in [0.1, 0.15) is 19.3 Å². The topological polar surface area (TPSA) is 56.1 Å². The minimum absolute atomic E-state index is 0.145. The van der Waals surface area contributed by atoms with Crippen LogP contribution in [0, 0.1) is 5.92 Å². The Hall–Kier alpha value is -1.36. The van der Waals surface area contributed by atoms with Gasteiger partial charge in [0, 0.05) is 45.1 Å². The molecule has 1 amide bonds. The lowest BCUT2D eigenvalue weighted by Gasteiger charge is -2.08. The second-order valence-corrected chi connectivity index (χ2v) is 4.44. The Morgan fingerprint density at radius 3 is 3.24 bits per heavy atom. The lowest BCUT2D eigenvalue weighted by atomic mass is 10.1. The lowest BCUT2D eigenvalue weighted by Crippen LogP contribution is -2.27. The average Bonchev–Trinajstić information content (AvgIpc) is 2.96. The van der Waals surface area contributed by atoms with Crippen LogP contribution in [0.5, 0.6) is 0 Å². The molecule has 94 valence electrons. The standard InChI is InChI=1S/C12H19N3O2/c16-12(8-11-2-7-17-9-11)14-3-1-5-15-6-4-13-10-15/h4,6,10-11H,1-3,5,7-9H2,(H,14,16). The monoisotopic (exact) mass is 237 g/mol. The fourth-order valence-corrected chi connectivity index (χ4v) is 1.99. The first-order valence-corrected chi connectivity index (χ1v) is 6.15. The zero-order valence-electron chi connectivity index (χ0n) is 9.97. The number of ether oxygens (including phenoxy) is 1. The van der Waals surface area contributed by atoms with Crippen molar-refractivity contribution in [2.75, 3.05) is 19.8 Å². The van der Waals surface area contributed by atoms with Crippen LogP contribution in [0.15, 0.2) is 18.7 Å². The normalized spacial score (nSPS) is 19.4. The predicted molar refractivity (Wildman–Crippen MR) is 63.4 cm³/mol. The van der Waals surface area contributed by atoms with Gasteiger partial charge in [-0.25, -0.2) is 4.98 Å². The van der Waals surface area contributed by atoms with Crippen molar-refractivity contribution in [2.45, 2.75) is 25.8 Å². The van der Waals surface area contributed by atoms with E-state index in [4.69, 9.17) is 4.74 Å². The van der Waals surface area contributed by atoms with Crippen molar-refractivity contribution in [3.63, 3.8) is 0 Å². The number of aryl methyl sites for hydroxylation is 1. The summed E-state index contributed by atoms with van der Waals surface area (Å²) in [6.07, 6.45) is 8.03. The van der Waals surface area contributed by atoms with Gasteiger partial charge in [0.2, 0.25) is 5.91 Å². The molecule has 1 N–H and O–H groups in total. The number of hydrogen-bond donors (Lipinski definition) is 1. The van der Waals surface area contributed by atoms with Crippen molar-refractivity contribution in [3.8, 4) is 0 Å². The van der Waals surface area contributed by atoms with Gasteiger partial charge < -0.3 is 14.6 Å². The molecule has 5 nitrogen and oxygen atoms in total. The summed E-state index contributed by atoms with van der Waals surface area (Å²) < 4.78 is 7.25. The molecule has 0 saturated carbocycles. The van der Waals surface area contributed by atoms with Crippen LogP contribution in [-0.4, -0.2) is 35.2 Å². The van der Waals surface area contributed by atoms with Crippen molar-refractivity contribution in [3.05, 3.63) is 18.7 Å². The van der Waals surface area contributed by atoms with E-state index in [-0.39, 0.29) is 5.91 Å². The van der Waals surface area contributed by atoms with Gasteiger partial charge in [0.05, 0.1) is 6.33 Å². The maximum atomic E-state index is 11.6. The van der Waals surface area contributed by atoms with E-state index in [1.165, 1.54) is 0 Å². The zero-order chi connectivity index (χ0) is 11.9. The Bertz CT molecular complexity index is 332. The highest BCUT2D eigenvalue weighted by Gasteiger charge is 2.18. The van der Waals surface area contributed by atoms with E-state index in [2.05, 4.69) is 10.3 Å². The van der Waals surface area contributed by atoms with Gasteiger partial charge in [-0.1, -0.05) is 0 Å². The van der Waals surface area contributed by atoms with Crippen molar-refractivity contribution < 1.29 is 9.53 Å². The van der Waals surface area contributed by atoms with Crippen molar-refractivity contribution >= 4 is 5.91 Å². The van der Waals surface area contributed by atoms with E-state index in [1.54, 1.807) is 12.5 Å². The van der Waals surface area contributed by atoms with Crippen molar-refractivity contribution in [1.82, 2.24) is 14.9 Å². The predicted octanol–water partition coefficient (Wildman–Crippen LogP) is 0.816. The van der Waals surface area contributed by atoms with Gasteiger partial charge in [-0.05, 0) is 18.8 Å². The Morgan fingerprint density at radius 1 is 1.59 bits per heavy atom. The summed E-state index contributed by atoms with van der Waals surface area (Å²) in [6, 6.07) is 0. The second-order valence-electron chi connectivity index (χ2n) is 4.44. The first kappa shape index (κ1) is 12.1. The number of nitrogens with zero attached hydrogens (tertiary/aromatic N) is 2. The van der Waals surface area contributed by atoms with E-state index >= 15 is 0 Å². The molecule has 1 fully saturated rings. The summed E-state index contributed by atoms with van der Waals surface area (Å²) in [5.41, 5.74) is 0. The first-order valence-electron chi connectivity index (χ1n) is 6.15. The molecule has 0 radical (unpaired) electrons. The summed E-state index contributed by atoms with van der Waals surface area (Å²) in [6.45, 7) is 3.17. The fourth-order valence-electron chi connectivity index (χ4n) is 1.99. The van der Waals surface area contributed by atoms with E-state index in [0.717, 1.165) is 39.1 Å². The molecule has 2 heterocycles. The largest absolute Gasteiger partial charge is 0.381 e. The van der Waals surface area contributed by atoms with Crippen LogP contribution in [0.25, 0.3) is 0 Å². The number of rotatable bonds is 6. The molecular formula is C12H19N3O2. The lowest BCUT2D eigenvalue weighted by molar-refractivity contribution is -0.122. The maximum Gasteiger partial charge on any atom is 0.220 e. The summed E-state index contributed by atoms with van der Waals surface area (Å²) in [4.78, 5) is 15.5. The van der Waals surface area contributed by atoms with E-state index in [0.29, 0.717) is 12.3 Å². The minimum Gasteiger partial charge on any atom is -0.381 e. The number of hydrogen-bond acceptors (Lipinski definition) is 3. The molecule has 5 heteroatoms. The fraction of sp³-hybridized carbons (Fsp3) is 0.667. The Morgan fingerprint density at radius 2 is 2.53 bits per heavy atom. The zero-order valence-corrected chi connectivity index (χ0v) is 9.97. The summed E-state index contributed by atoms with van der Waals surface area (Å²) in [5.74, 6) is 0.565. The third-order valence-electron chi connectivity index (χ3n) is 2.97. The van der Waals surface area contributed by atoms with Crippen LogP contribution in [0.3, 0.4) is 0 Å². The number of carbonyl (C=O) groups excluding carboxylic acids is 1. The van der Waals surface area contributed by atoms with Gasteiger partial charge in [0.15, 0.2) is 0 Å². The Kier molecular flexibility index (Phi) is 4.55. The number of amides is 1. The quantitative estimate of drug-likeness (QED) is 0.745. The van der Waals surface area contributed by atoms with Crippen LogP contribution < -0.4 is 5.32 Å². The van der Waals surface area contributed by atoms with Gasteiger partial charge >= 0.3 is 0 Å². The van der Waals surface area contributed by atoms with Gasteiger partial charge in [-0.2, -0.15) is 0 Å². The first-order chi connectivity index (χ1) is 8.34. The molecule has 1 atom stereocenters. The van der Waals surface area contributed by atoms with Crippen LogP contribution in [-0.2, 0) is 16.1 Å². The molecule has 1 aromatic heterocycles. The number of carbonyl (C=O) groups is 1. The van der Waals surface area contributed by atoms with Crippen molar-refractivity contribution in [2.24, 2.45) is 5.92 Å². The number of nitrogens with one attached hydrogen (secondary N) is 1. The Labute approximate surface area is 101 Å². The number of aromatic nitrogens is 2. The summed E-state index contributed by atoms with van der Waals surface area (Å²) in [7, 11) is 0. The molecule has 0 aliphatic carbocycles. The molecule has 1 saturated heterocycles. The molecule has 1 aromatic rings. The van der Waals surface area contributed by atoms with E-state index in [9.17, 15) is 4.79 Å². The van der Waals surface area contributed by atoms with E-state index in [1.807, 2.05) is 10.8 Å². The SMILES string of the molecule is O=C(CC1CCOC1)NCCCn1ccnc1. The van der Waals surface area contributed by atoms with Gasteiger partial charge in [-0.15, -0.1) is 0 Å². The summed E-state index contributed by atoms with van der Waals surface area (Å²) >= 11 is 0. The number of imidazole rings is 1. The molecular weight excluding hydrogens is 218 g/mol. The summed E-state index contributed by atoms with van der Waals surface area (Å²) in [5, 5.41) is 2.94. The molecule has 0 aromatic carbocycles. The van der Waals surface area contributed by atoms with Crippen molar-refractivity contribution in [1.29, 1.82) is 0 Å². The molecule has 0 bridgehead atoms. The molecule has 1 unspecified atom stereocenters. The van der Waals surface area contributed by atoms with Gasteiger partial charge in [0.1, 0.15) is 0 Å². The molecule has 0 spiro atoms. The minimum atomic E-state index is 0.145. The third kappa shape index (κ3) is 4.19. The maximum absolute atomic E-state index is 11.6. The van der Waals surface area contributed by atoms with Gasteiger partial charge in [-0.3, -0.25) is 4.79 Å². The highest BCUT2D eigenvalue weighted by Crippen LogP contribution is 2.15. The molecule has 17 heavy (non-hydrogen) atoms. The highest BCUT2D eigenvalue weighted by molar-refractivity contribution is 5.76. The molecule has 2 rings (SSSR count). The molecule has 1 aliphatic heterocycles. The van der Waals surface area contributed by atoms with Gasteiger partial charge in [0.25, 0.3) is 0 Å². The highest BCUT2D eigenvalue weighted by atomic mass is 16.5. The van der Waals surface area contributed by atoms with Crippen LogP contribution >= 0.6 is 0 Å². The van der Waals surface area contributed by atoms with E-state index < -0.39 is 0 Å². The second kappa shape index (κ2) is 6.39. The average molecular weight is 237 g/mol. The smallest absolute Gasteiger partial charge is 0.220 e. The van der Waals surface area contributed by atoms with Crippen LogP contribution in [0.2, 0.25) is 0 Å². The van der Waals surface area contributed by atoms with Crippen LogP contribution in [0.4, 0.5) is 0 Å². The Balaban J connectivity index is 1.53. The third-order valence-corrected chi connectivity index (χ3v) is 2.97. The molecule has 1 aliphatic rings.